The van der Waals surface area contributed by atoms with E-state index in [1.165, 1.54) is 25.7 Å². The number of nitrogens with one attached hydrogen (secondary N) is 3. The van der Waals surface area contributed by atoms with Crippen molar-refractivity contribution in [3.8, 4) is 0 Å². The molecule has 0 spiro atoms. The van der Waals surface area contributed by atoms with E-state index in [2.05, 4.69) is 40.3 Å². The molecule has 380 valence electrons. The lowest BCUT2D eigenvalue weighted by molar-refractivity contribution is -0.118. The van der Waals surface area contributed by atoms with Gasteiger partial charge in [0.1, 0.15) is 6.10 Å². The lowest BCUT2D eigenvalue weighted by Crippen LogP contribution is -2.42. The van der Waals surface area contributed by atoms with E-state index in [1.54, 1.807) is 0 Å². The number of ether oxygens (including phenoxy) is 7. The van der Waals surface area contributed by atoms with Crippen LogP contribution in [0, 0.1) is 35.5 Å². The molecule has 66 heavy (non-hydrogen) atoms. The van der Waals surface area contributed by atoms with Gasteiger partial charge >= 0.3 is 12.2 Å². The van der Waals surface area contributed by atoms with E-state index in [0.717, 1.165) is 25.7 Å². The molecule has 0 aromatic rings. The highest BCUT2D eigenvalue weighted by Crippen LogP contribution is 2.53. The quantitative estimate of drug-likeness (QED) is 0.0263. The molecule has 0 saturated heterocycles. The lowest BCUT2D eigenvalue weighted by Gasteiger charge is -2.34. The molecule has 3 N–H and O–H groups in total. The van der Waals surface area contributed by atoms with Gasteiger partial charge in [0, 0.05) is 19.6 Å². The molecular weight excluding hydrogens is 862 g/mol. The van der Waals surface area contributed by atoms with Gasteiger partial charge in [-0.25, -0.2) is 9.59 Å². The summed E-state index contributed by atoms with van der Waals surface area (Å²) in [5.74, 6) is 3.69. The van der Waals surface area contributed by atoms with E-state index in [1.807, 2.05) is 75.9 Å². The number of carbonyl (C=O) groups excluding carboxylic acids is 3. The Morgan fingerprint density at radius 1 is 0.591 bits per heavy atom. The molecule has 0 aliphatic heterocycles. The van der Waals surface area contributed by atoms with Crippen LogP contribution in [0.1, 0.15) is 140 Å². The van der Waals surface area contributed by atoms with Crippen molar-refractivity contribution in [2.24, 2.45) is 35.5 Å². The largest absolute Gasteiger partial charge is 0.449 e. The van der Waals surface area contributed by atoms with Crippen LogP contribution in [0.3, 0.4) is 0 Å². The zero-order valence-electron chi connectivity index (χ0n) is 42.7. The standard InChI is InChI=1S/C51H90N3O11P/c1-47(2,24-27-52-36-55)64-37-66(11)65-38(30-62-48(3,4)25-28-60-50(7,8)34-53-45(56)58-32-43-39-20-16-12-13-17-21-40(39)43)31-63-49(5,6)26-29-61-51(9,10)35-54-46(57)59-33-44-41-22-18-14-15-19-23-42(41)44/h12-15,36,38-44H,16-35,37H2,1-11H3,(H,52,55)(H,53,56)(H,54,57)/b13-12+,15-14+. The molecule has 4 rings (SSSR count). The number of allylic oxidation sites excluding steroid dienone is 4. The SMILES string of the molecule is CP(COC(C)(C)CCNC=O)OC(COC(C)(C)CCOC(C)(C)CNC(=O)OCC1C2CC/C=C/CCC21)COC(C)(C)CCOC(C)(C)CNC(=O)OCC1C2CC/C=C/CCC21. The third-order valence-electron chi connectivity index (χ3n) is 13.8. The van der Waals surface area contributed by atoms with Crippen molar-refractivity contribution in [2.45, 2.75) is 174 Å². The maximum Gasteiger partial charge on any atom is 0.407 e. The van der Waals surface area contributed by atoms with Crippen molar-refractivity contribution < 1.29 is 52.1 Å². The molecule has 2 fully saturated rings. The van der Waals surface area contributed by atoms with Gasteiger partial charge in [-0.15, -0.1) is 0 Å². The number of rotatable bonds is 31. The summed E-state index contributed by atoms with van der Waals surface area (Å²) in [4.78, 5) is 36.0. The molecule has 0 aromatic carbocycles. The average Bonchev–Trinajstić information content (AvgIpc) is 4.09. The highest BCUT2D eigenvalue weighted by molar-refractivity contribution is 7.51. The average molecular weight is 952 g/mol. The number of hydrogen-bond donors (Lipinski definition) is 3. The van der Waals surface area contributed by atoms with Crippen molar-refractivity contribution in [3.63, 3.8) is 0 Å². The van der Waals surface area contributed by atoms with Gasteiger partial charge in [-0.2, -0.15) is 0 Å². The van der Waals surface area contributed by atoms with E-state index in [0.29, 0.717) is 127 Å². The number of fused-ring (bicyclic) bond motifs is 2. The first-order chi connectivity index (χ1) is 31.1. The molecule has 15 heteroatoms. The van der Waals surface area contributed by atoms with Crippen LogP contribution in [0.25, 0.3) is 0 Å². The predicted octanol–water partition coefficient (Wildman–Crippen LogP) is 9.69. The van der Waals surface area contributed by atoms with Crippen LogP contribution in [-0.2, 0) is 42.5 Å². The predicted molar refractivity (Wildman–Crippen MR) is 261 cm³/mol. The smallest absolute Gasteiger partial charge is 0.407 e. The maximum atomic E-state index is 12.6. The van der Waals surface area contributed by atoms with Crippen molar-refractivity contribution in [3.05, 3.63) is 24.3 Å². The second-order valence-electron chi connectivity index (χ2n) is 22.2. The third-order valence-corrected chi connectivity index (χ3v) is 14.9. The zero-order chi connectivity index (χ0) is 48.4. The molecule has 5 atom stereocenters. The third kappa shape index (κ3) is 22.0. The van der Waals surface area contributed by atoms with E-state index in [-0.39, 0.29) is 6.10 Å². The van der Waals surface area contributed by atoms with Crippen LogP contribution < -0.4 is 16.0 Å². The normalized spacial score (nSPS) is 25.3. The van der Waals surface area contributed by atoms with Crippen LogP contribution in [-0.4, -0.2) is 125 Å². The fraction of sp³-hybridized carbons (Fsp3) is 0.863. The molecule has 0 heterocycles. The van der Waals surface area contributed by atoms with Crippen molar-refractivity contribution in [1.29, 1.82) is 0 Å². The van der Waals surface area contributed by atoms with Gasteiger partial charge in [0.15, 0.2) is 0 Å². The molecule has 0 radical (unpaired) electrons. The Morgan fingerprint density at radius 2 is 0.985 bits per heavy atom. The first kappa shape index (κ1) is 56.3. The summed E-state index contributed by atoms with van der Waals surface area (Å²) in [6, 6.07) is 0. The summed E-state index contributed by atoms with van der Waals surface area (Å²) in [5, 5.41) is 8.53. The van der Waals surface area contributed by atoms with Gasteiger partial charge in [0.2, 0.25) is 6.41 Å². The minimum absolute atomic E-state index is 0.295. The highest BCUT2D eigenvalue weighted by atomic mass is 31.1. The van der Waals surface area contributed by atoms with E-state index < -0.39 is 48.3 Å². The minimum Gasteiger partial charge on any atom is -0.449 e. The van der Waals surface area contributed by atoms with Crippen molar-refractivity contribution in [2.75, 3.05) is 72.3 Å². The molecular formula is C51H90N3O11P. The van der Waals surface area contributed by atoms with Gasteiger partial charge in [-0.05, 0) is 182 Å². The minimum atomic E-state index is -1.00. The molecule has 5 unspecified atom stereocenters. The molecule has 4 aliphatic carbocycles. The Kier molecular flexibility index (Phi) is 22.7. The summed E-state index contributed by atoms with van der Waals surface area (Å²) in [5.41, 5.74) is -2.72. The molecule has 0 bridgehead atoms. The molecule has 0 aromatic heterocycles. The lowest BCUT2D eigenvalue weighted by atomic mass is 10.0. The van der Waals surface area contributed by atoms with Gasteiger partial charge in [0.25, 0.3) is 0 Å². The topological polar surface area (TPSA) is 161 Å². The van der Waals surface area contributed by atoms with Crippen LogP contribution in [0.2, 0.25) is 0 Å². The number of hydrogen-bond acceptors (Lipinski definition) is 11. The second kappa shape index (κ2) is 26.6. The van der Waals surface area contributed by atoms with Crippen molar-refractivity contribution in [1.82, 2.24) is 16.0 Å². The van der Waals surface area contributed by atoms with E-state index >= 15 is 0 Å². The first-order valence-electron chi connectivity index (χ1n) is 25.0. The fourth-order valence-corrected chi connectivity index (χ4v) is 10.3. The molecule has 2 saturated carbocycles. The van der Waals surface area contributed by atoms with Crippen LogP contribution >= 0.6 is 8.15 Å². The zero-order valence-corrected chi connectivity index (χ0v) is 43.6. The number of carbonyl (C=O) groups is 3. The van der Waals surface area contributed by atoms with Crippen molar-refractivity contribution >= 4 is 26.7 Å². The Morgan fingerprint density at radius 3 is 1.38 bits per heavy atom. The van der Waals surface area contributed by atoms with Crippen LogP contribution in [0.15, 0.2) is 24.3 Å². The Bertz CT molecular complexity index is 1410. The Hall–Kier alpha value is -2.32. The van der Waals surface area contributed by atoms with Gasteiger partial charge < -0.3 is 53.6 Å². The monoisotopic (exact) mass is 952 g/mol. The second-order valence-corrected chi connectivity index (χ2v) is 23.9. The highest BCUT2D eigenvalue weighted by Gasteiger charge is 2.50. The molecule has 3 amide bonds. The number of alkyl carbamates (subject to hydrolysis) is 2. The molecule has 4 aliphatic rings. The summed E-state index contributed by atoms with van der Waals surface area (Å²) in [6.07, 6.45) is 20.2. The summed E-state index contributed by atoms with van der Waals surface area (Å²) in [7, 11) is -1.00. The Balaban J connectivity index is 1.18. The summed E-state index contributed by atoms with van der Waals surface area (Å²) in [6.45, 7) is 25.7. The summed E-state index contributed by atoms with van der Waals surface area (Å²) < 4.78 is 49.7. The van der Waals surface area contributed by atoms with E-state index in [4.69, 9.17) is 37.7 Å². The van der Waals surface area contributed by atoms with Gasteiger partial charge in [0.05, 0.1) is 82.1 Å². The summed E-state index contributed by atoms with van der Waals surface area (Å²) >= 11 is 0. The van der Waals surface area contributed by atoms with Gasteiger partial charge in [-0.3, -0.25) is 4.79 Å². The number of amides is 3. The Labute approximate surface area is 399 Å². The van der Waals surface area contributed by atoms with Crippen LogP contribution in [0.4, 0.5) is 9.59 Å². The molecule has 14 nitrogen and oxygen atoms in total. The van der Waals surface area contributed by atoms with Gasteiger partial charge in [-0.1, -0.05) is 24.3 Å². The van der Waals surface area contributed by atoms with Crippen LogP contribution in [0.5, 0.6) is 0 Å². The fourth-order valence-electron chi connectivity index (χ4n) is 9.09. The maximum absolute atomic E-state index is 12.6. The first-order valence-corrected chi connectivity index (χ1v) is 26.9. The van der Waals surface area contributed by atoms with E-state index in [9.17, 15) is 14.4 Å².